The molecule has 0 aromatic heterocycles. The van der Waals surface area contributed by atoms with Crippen molar-refractivity contribution in [1.29, 1.82) is 0 Å². The summed E-state index contributed by atoms with van der Waals surface area (Å²) in [7, 11) is 0. The van der Waals surface area contributed by atoms with Crippen LogP contribution in [0.15, 0.2) is 0 Å². The highest BCUT2D eigenvalue weighted by Gasteiger charge is 2.46. The molecular weight excluding hydrogens is 252 g/mol. The number of rotatable bonds is 5. The fourth-order valence-electron chi connectivity index (χ4n) is 3.42. The van der Waals surface area contributed by atoms with Crippen LogP contribution in [0.2, 0.25) is 0 Å². The number of ether oxygens (including phenoxy) is 1. The molecule has 2 aliphatic rings. The van der Waals surface area contributed by atoms with Gasteiger partial charge in [-0.15, -0.1) is 0 Å². The molecule has 1 amide bonds. The van der Waals surface area contributed by atoms with Crippen LogP contribution < -0.4 is 5.32 Å². The van der Waals surface area contributed by atoms with Crippen molar-refractivity contribution in [2.75, 3.05) is 6.61 Å². The van der Waals surface area contributed by atoms with Crippen LogP contribution in [0.25, 0.3) is 0 Å². The quantitative estimate of drug-likeness (QED) is 0.842. The van der Waals surface area contributed by atoms with Gasteiger partial charge in [-0.1, -0.05) is 34.1 Å². The van der Waals surface area contributed by atoms with Crippen molar-refractivity contribution in [3.05, 3.63) is 0 Å². The standard InChI is InChI=1S/C16H30N2O2/c1-6-11(4)15-16(19)18(13-7-8-20-12(13)5)14(17-15)9-10(2)3/h10-15,17H,6-9H2,1-5H3. The zero-order valence-electron chi connectivity index (χ0n) is 13.6. The monoisotopic (exact) mass is 282 g/mol. The summed E-state index contributed by atoms with van der Waals surface area (Å²) < 4.78 is 5.68. The Kier molecular flexibility index (Phi) is 5.08. The van der Waals surface area contributed by atoms with Gasteiger partial charge >= 0.3 is 0 Å². The van der Waals surface area contributed by atoms with Gasteiger partial charge in [-0.3, -0.25) is 10.1 Å². The predicted molar refractivity (Wildman–Crippen MR) is 80.3 cm³/mol. The van der Waals surface area contributed by atoms with Crippen LogP contribution in [0.5, 0.6) is 0 Å². The molecular formula is C16H30N2O2. The summed E-state index contributed by atoms with van der Waals surface area (Å²) in [6, 6.07) is 0.226. The molecule has 4 nitrogen and oxygen atoms in total. The summed E-state index contributed by atoms with van der Waals surface area (Å²) in [5, 5.41) is 3.59. The van der Waals surface area contributed by atoms with Gasteiger partial charge in [0, 0.05) is 6.61 Å². The first-order chi connectivity index (χ1) is 9.45. The van der Waals surface area contributed by atoms with Crippen LogP contribution >= 0.6 is 0 Å². The van der Waals surface area contributed by atoms with Crippen molar-refractivity contribution in [2.24, 2.45) is 11.8 Å². The molecule has 1 N–H and O–H groups in total. The van der Waals surface area contributed by atoms with E-state index in [1.807, 2.05) is 0 Å². The van der Waals surface area contributed by atoms with Crippen molar-refractivity contribution < 1.29 is 9.53 Å². The number of carbonyl (C=O) groups excluding carboxylic acids is 1. The van der Waals surface area contributed by atoms with Gasteiger partial charge in [0.2, 0.25) is 5.91 Å². The zero-order valence-corrected chi connectivity index (χ0v) is 13.6. The molecule has 2 rings (SSSR count). The van der Waals surface area contributed by atoms with E-state index in [1.165, 1.54) is 0 Å². The predicted octanol–water partition coefficient (Wildman–Crippen LogP) is 2.38. The van der Waals surface area contributed by atoms with Gasteiger partial charge in [0.1, 0.15) is 0 Å². The maximum atomic E-state index is 12.8. The van der Waals surface area contributed by atoms with Crippen molar-refractivity contribution in [3.8, 4) is 0 Å². The largest absolute Gasteiger partial charge is 0.376 e. The molecule has 2 aliphatic heterocycles. The van der Waals surface area contributed by atoms with Crippen molar-refractivity contribution in [1.82, 2.24) is 10.2 Å². The van der Waals surface area contributed by atoms with Gasteiger partial charge in [-0.2, -0.15) is 0 Å². The molecule has 116 valence electrons. The lowest BCUT2D eigenvalue weighted by molar-refractivity contribution is -0.134. The number of amides is 1. The Morgan fingerprint density at radius 1 is 1.40 bits per heavy atom. The third-order valence-electron chi connectivity index (χ3n) is 4.83. The Balaban J connectivity index is 2.17. The van der Waals surface area contributed by atoms with Crippen LogP contribution in [0.4, 0.5) is 0 Å². The smallest absolute Gasteiger partial charge is 0.241 e. The number of nitrogens with one attached hydrogen (secondary N) is 1. The van der Waals surface area contributed by atoms with E-state index >= 15 is 0 Å². The summed E-state index contributed by atoms with van der Waals surface area (Å²) in [5.74, 6) is 1.25. The third-order valence-corrected chi connectivity index (χ3v) is 4.83. The lowest BCUT2D eigenvalue weighted by atomic mass is 9.99. The summed E-state index contributed by atoms with van der Waals surface area (Å²) in [6.45, 7) is 11.6. The van der Waals surface area contributed by atoms with Crippen LogP contribution in [-0.2, 0) is 9.53 Å². The highest BCUT2D eigenvalue weighted by Crippen LogP contribution is 2.30. The molecule has 0 bridgehead atoms. The minimum absolute atomic E-state index is 0.0171. The van der Waals surface area contributed by atoms with Crippen molar-refractivity contribution in [3.63, 3.8) is 0 Å². The van der Waals surface area contributed by atoms with E-state index in [-0.39, 0.29) is 30.3 Å². The zero-order chi connectivity index (χ0) is 14.9. The molecule has 0 aromatic carbocycles. The average molecular weight is 282 g/mol. The SMILES string of the molecule is CCC(C)C1NC(CC(C)C)N(C2CCOC2C)C1=O. The molecule has 0 aromatic rings. The normalized spacial score (nSPS) is 36.1. The number of carbonyl (C=O) groups is 1. The highest BCUT2D eigenvalue weighted by atomic mass is 16.5. The fraction of sp³-hybridized carbons (Fsp3) is 0.938. The van der Waals surface area contributed by atoms with Crippen molar-refractivity contribution >= 4 is 5.91 Å². The van der Waals surface area contributed by atoms with E-state index in [1.54, 1.807) is 0 Å². The van der Waals surface area contributed by atoms with Gasteiger partial charge < -0.3 is 9.64 Å². The van der Waals surface area contributed by atoms with E-state index < -0.39 is 0 Å². The van der Waals surface area contributed by atoms with Gasteiger partial charge in [0.15, 0.2) is 0 Å². The molecule has 0 radical (unpaired) electrons. The molecule has 2 saturated heterocycles. The van der Waals surface area contributed by atoms with Gasteiger partial charge in [-0.05, 0) is 31.6 Å². The molecule has 2 heterocycles. The Morgan fingerprint density at radius 2 is 2.10 bits per heavy atom. The molecule has 0 spiro atoms. The second-order valence-electron chi connectivity index (χ2n) is 6.85. The fourth-order valence-corrected chi connectivity index (χ4v) is 3.42. The lowest BCUT2D eigenvalue weighted by Gasteiger charge is -2.32. The van der Waals surface area contributed by atoms with E-state index in [2.05, 4.69) is 44.8 Å². The number of hydrogen-bond acceptors (Lipinski definition) is 3. The number of nitrogens with zero attached hydrogens (tertiary/aromatic N) is 1. The Hall–Kier alpha value is -0.610. The van der Waals surface area contributed by atoms with Gasteiger partial charge in [-0.25, -0.2) is 0 Å². The summed E-state index contributed by atoms with van der Waals surface area (Å²) in [6.07, 6.45) is 3.35. The molecule has 5 unspecified atom stereocenters. The third kappa shape index (κ3) is 3.01. The minimum atomic E-state index is -0.0171. The molecule has 2 fully saturated rings. The second kappa shape index (κ2) is 6.44. The Labute approximate surface area is 123 Å². The lowest BCUT2D eigenvalue weighted by Crippen LogP contribution is -2.48. The second-order valence-corrected chi connectivity index (χ2v) is 6.85. The highest BCUT2D eigenvalue weighted by molar-refractivity contribution is 5.85. The maximum Gasteiger partial charge on any atom is 0.241 e. The first-order valence-electron chi connectivity index (χ1n) is 8.15. The van der Waals surface area contributed by atoms with Crippen LogP contribution in [0, 0.1) is 11.8 Å². The first-order valence-corrected chi connectivity index (χ1v) is 8.15. The molecule has 0 saturated carbocycles. The van der Waals surface area contributed by atoms with E-state index in [4.69, 9.17) is 4.74 Å². The van der Waals surface area contributed by atoms with E-state index in [0.717, 1.165) is 25.9 Å². The molecule has 5 atom stereocenters. The maximum absolute atomic E-state index is 12.8. The summed E-state index contributed by atoms with van der Waals surface area (Å²) in [4.78, 5) is 14.9. The van der Waals surface area contributed by atoms with Crippen LogP contribution in [0.1, 0.15) is 53.9 Å². The number of hydrogen-bond donors (Lipinski definition) is 1. The molecule has 0 aliphatic carbocycles. The van der Waals surface area contributed by atoms with Crippen LogP contribution in [-0.4, -0.2) is 41.8 Å². The summed E-state index contributed by atoms with van der Waals surface area (Å²) in [5.41, 5.74) is 0. The van der Waals surface area contributed by atoms with E-state index in [0.29, 0.717) is 11.8 Å². The molecule has 4 heteroatoms. The van der Waals surface area contributed by atoms with E-state index in [9.17, 15) is 4.79 Å². The Bertz CT molecular complexity index is 345. The summed E-state index contributed by atoms with van der Waals surface area (Å²) >= 11 is 0. The van der Waals surface area contributed by atoms with Crippen LogP contribution in [0.3, 0.4) is 0 Å². The van der Waals surface area contributed by atoms with Crippen molar-refractivity contribution in [2.45, 2.75) is 78.2 Å². The Morgan fingerprint density at radius 3 is 2.60 bits per heavy atom. The average Bonchev–Trinajstić information content (AvgIpc) is 2.92. The first kappa shape index (κ1) is 15.8. The minimum Gasteiger partial charge on any atom is -0.376 e. The molecule has 20 heavy (non-hydrogen) atoms. The topological polar surface area (TPSA) is 41.6 Å². The van der Waals surface area contributed by atoms with Gasteiger partial charge in [0.05, 0.1) is 24.4 Å². The van der Waals surface area contributed by atoms with Gasteiger partial charge in [0.25, 0.3) is 0 Å².